The van der Waals surface area contributed by atoms with Gasteiger partial charge in [-0.05, 0) is 33.7 Å². The van der Waals surface area contributed by atoms with Crippen LogP contribution in [0.2, 0.25) is 0 Å². The normalized spacial score (nSPS) is 9.78. The number of carboxylic acid groups (broad SMARTS) is 2. The van der Waals surface area contributed by atoms with Crippen LogP contribution >= 0.6 is 0 Å². The molecule has 0 saturated heterocycles. The number of hydrogen-bond acceptors (Lipinski definition) is 2. The van der Waals surface area contributed by atoms with Gasteiger partial charge >= 0.3 is 11.9 Å². The van der Waals surface area contributed by atoms with E-state index in [4.69, 9.17) is 10.2 Å². The van der Waals surface area contributed by atoms with E-state index in [1.54, 1.807) is 24.3 Å². The molecule has 0 atom stereocenters. The van der Waals surface area contributed by atoms with Gasteiger partial charge in [-0.15, -0.1) is 0 Å². The fourth-order valence-corrected chi connectivity index (χ4v) is 2.82. The quantitative estimate of drug-likeness (QED) is 0.423. The molecule has 0 aromatic heterocycles. The molecule has 0 fully saturated rings. The molecule has 2 N–H and O–H groups in total. The summed E-state index contributed by atoms with van der Waals surface area (Å²) in [4.78, 5) is 21.6. The predicted molar refractivity (Wildman–Crippen MR) is 108 cm³/mol. The van der Waals surface area contributed by atoms with Crippen molar-refractivity contribution in [3.8, 4) is 0 Å². The first-order valence-electron chi connectivity index (χ1n) is 8.00. The Morgan fingerprint density at radius 1 is 0.519 bits per heavy atom. The molecule has 4 rings (SSSR count). The zero-order valence-electron chi connectivity index (χ0n) is 14.3. The van der Waals surface area contributed by atoms with E-state index in [1.807, 2.05) is 60.7 Å². The molecule has 0 heterocycles. The van der Waals surface area contributed by atoms with Gasteiger partial charge in [0.25, 0.3) is 0 Å². The largest absolute Gasteiger partial charge is 0.478 e. The number of benzene rings is 4. The molecule has 0 bridgehead atoms. The van der Waals surface area contributed by atoms with Crippen molar-refractivity contribution in [3.05, 3.63) is 96.1 Å². The number of carbonyl (C=O) groups is 2. The van der Waals surface area contributed by atoms with E-state index in [9.17, 15) is 9.59 Å². The van der Waals surface area contributed by atoms with Gasteiger partial charge in [0.2, 0.25) is 0 Å². The van der Waals surface area contributed by atoms with Gasteiger partial charge in [0.05, 0.1) is 11.1 Å². The van der Waals surface area contributed by atoms with Crippen molar-refractivity contribution in [1.82, 2.24) is 0 Å². The zero-order chi connectivity index (χ0) is 18.5. The van der Waals surface area contributed by atoms with Crippen molar-refractivity contribution in [2.24, 2.45) is 0 Å². The van der Waals surface area contributed by atoms with Crippen molar-refractivity contribution < 1.29 is 19.8 Å². The van der Waals surface area contributed by atoms with Crippen LogP contribution in [-0.4, -0.2) is 46.1 Å². The fourth-order valence-electron chi connectivity index (χ4n) is 2.82. The monoisotopic (exact) mass is 464 g/mol. The van der Waals surface area contributed by atoms with Crippen LogP contribution in [0.1, 0.15) is 20.7 Å². The molecule has 132 valence electrons. The molecule has 27 heavy (non-hydrogen) atoms. The van der Waals surface area contributed by atoms with E-state index in [1.165, 1.54) is 0 Å². The summed E-state index contributed by atoms with van der Waals surface area (Å²) < 4.78 is 0. The number of aromatic carboxylic acids is 2. The van der Waals surface area contributed by atoms with Crippen LogP contribution < -0.4 is 0 Å². The SMILES string of the molecule is O=C(O)c1cccc2ccccc12.O=C(O)c1cccc2ccccc12.[Sn]. The summed E-state index contributed by atoms with van der Waals surface area (Å²) in [5, 5.41) is 21.3. The Hall–Kier alpha value is -2.86. The van der Waals surface area contributed by atoms with Gasteiger partial charge in [-0.2, -0.15) is 0 Å². The van der Waals surface area contributed by atoms with Crippen LogP contribution in [0.4, 0.5) is 0 Å². The van der Waals surface area contributed by atoms with Crippen LogP contribution in [0, 0.1) is 0 Å². The van der Waals surface area contributed by atoms with Crippen LogP contribution in [0.25, 0.3) is 21.5 Å². The van der Waals surface area contributed by atoms with E-state index in [2.05, 4.69) is 0 Å². The molecule has 0 aliphatic heterocycles. The van der Waals surface area contributed by atoms with E-state index < -0.39 is 11.9 Å². The third kappa shape index (κ3) is 4.65. The smallest absolute Gasteiger partial charge is 0.336 e. The fraction of sp³-hybridized carbons (Fsp3) is 0. The van der Waals surface area contributed by atoms with E-state index in [0.29, 0.717) is 11.1 Å². The Kier molecular flexibility index (Phi) is 6.96. The van der Waals surface area contributed by atoms with Crippen molar-refractivity contribution in [1.29, 1.82) is 0 Å². The van der Waals surface area contributed by atoms with Crippen LogP contribution in [-0.2, 0) is 0 Å². The first kappa shape index (κ1) is 20.5. The molecule has 0 amide bonds. The third-order valence-corrected chi connectivity index (χ3v) is 4.04. The second-order valence-electron chi connectivity index (χ2n) is 5.66. The minimum absolute atomic E-state index is 0. The van der Waals surface area contributed by atoms with Gasteiger partial charge < -0.3 is 10.2 Å². The maximum absolute atomic E-state index is 10.8. The Balaban J connectivity index is 0.000000187. The van der Waals surface area contributed by atoms with Crippen molar-refractivity contribution >= 4 is 57.4 Å². The van der Waals surface area contributed by atoms with Gasteiger partial charge in [0.1, 0.15) is 0 Å². The maximum atomic E-state index is 10.8. The first-order valence-corrected chi connectivity index (χ1v) is 8.00. The van der Waals surface area contributed by atoms with E-state index >= 15 is 0 Å². The summed E-state index contributed by atoms with van der Waals surface area (Å²) in [5.74, 6) is -1.76. The van der Waals surface area contributed by atoms with E-state index in [0.717, 1.165) is 21.5 Å². The number of carboxylic acids is 2. The maximum Gasteiger partial charge on any atom is 0.336 e. The number of hydrogen-bond donors (Lipinski definition) is 2. The zero-order valence-corrected chi connectivity index (χ0v) is 17.1. The molecule has 5 heteroatoms. The van der Waals surface area contributed by atoms with Gasteiger partial charge in [-0.25, -0.2) is 9.59 Å². The summed E-state index contributed by atoms with van der Waals surface area (Å²) >= 11 is 0. The summed E-state index contributed by atoms with van der Waals surface area (Å²) in [5.41, 5.74) is 0.719. The number of rotatable bonds is 2. The van der Waals surface area contributed by atoms with Gasteiger partial charge in [0, 0.05) is 23.9 Å². The van der Waals surface area contributed by atoms with Gasteiger partial charge in [0.15, 0.2) is 0 Å². The van der Waals surface area contributed by atoms with Gasteiger partial charge in [-0.1, -0.05) is 72.8 Å². The minimum Gasteiger partial charge on any atom is -0.478 e. The molecule has 4 aromatic rings. The van der Waals surface area contributed by atoms with E-state index in [-0.39, 0.29) is 23.9 Å². The standard InChI is InChI=1S/2C11H8O2.Sn/c2*12-11(13)10-7-3-5-8-4-1-2-6-9(8)10;/h2*1-7H,(H,12,13);. The molecular formula is C22H16O4Sn. The third-order valence-electron chi connectivity index (χ3n) is 4.04. The summed E-state index contributed by atoms with van der Waals surface area (Å²) in [6, 6.07) is 25.5. The van der Waals surface area contributed by atoms with Crippen LogP contribution in [0.15, 0.2) is 84.9 Å². The van der Waals surface area contributed by atoms with Crippen LogP contribution in [0.3, 0.4) is 0 Å². The molecule has 4 radical (unpaired) electrons. The summed E-state index contributed by atoms with van der Waals surface area (Å²) in [6.45, 7) is 0. The number of fused-ring (bicyclic) bond motifs is 2. The average Bonchev–Trinajstić information content (AvgIpc) is 2.67. The summed E-state index contributed by atoms with van der Waals surface area (Å²) in [6.07, 6.45) is 0. The minimum atomic E-state index is -0.878. The molecule has 0 unspecified atom stereocenters. The van der Waals surface area contributed by atoms with Gasteiger partial charge in [-0.3, -0.25) is 0 Å². The molecule has 0 saturated carbocycles. The summed E-state index contributed by atoms with van der Waals surface area (Å²) in [7, 11) is 0. The van der Waals surface area contributed by atoms with Crippen LogP contribution in [0.5, 0.6) is 0 Å². The Morgan fingerprint density at radius 2 is 0.852 bits per heavy atom. The van der Waals surface area contributed by atoms with Crippen molar-refractivity contribution in [3.63, 3.8) is 0 Å². The predicted octanol–water partition coefficient (Wildman–Crippen LogP) is 4.70. The Morgan fingerprint density at radius 3 is 1.22 bits per heavy atom. The van der Waals surface area contributed by atoms with Crippen molar-refractivity contribution in [2.75, 3.05) is 0 Å². The second kappa shape index (κ2) is 9.18. The molecule has 0 aliphatic carbocycles. The molecule has 4 aromatic carbocycles. The Labute approximate surface area is 173 Å². The van der Waals surface area contributed by atoms with Crippen molar-refractivity contribution in [2.45, 2.75) is 0 Å². The topological polar surface area (TPSA) is 74.6 Å². The average molecular weight is 463 g/mol. The molecule has 0 spiro atoms. The molecule has 4 nitrogen and oxygen atoms in total. The molecular weight excluding hydrogens is 447 g/mol. The Bertz CT molecular complexity index is 1010. The molecule has 0 aliphatic rings. The first-order chi connectivity index (χ1) is 12.6. The second-order valence-corrected chi connectivity index (χ2v) is 5.66.